The highest BCUT2D eigenvalue weighted by molar-refractivity contribution is 5.90. The van der Waals surface area contributed by atoms with Crippen molar-refractivity contribution in [2.75, 3.05) is 6.61 Å². The molecule has 0 aliphatic carbocycles. The number of carbonyl (C=O) groups is 1. The Bertz CT molecular complexity index is 788. The second-order valence-electron chi connectivity index (χ2n) is 5.15. The van der Waals surface area contributed by atoms with Gasteiger partial charge < -0.3 is 9.47 Å². The highest BCUT2D eigenvalue weighted by Crippen LogP contribution is 2.20. The largest absolute Gasteiger partial charge is 0.493 e. The van der Waals surface area contributed by atoms with E-state index in [0.717, 1.165) is 12.1 Å². The Morgan fingerprint density at radius 1 is 0.875 bits per heavy atom. The van der Waals surface area contributed by atoms with Crippen molar-refractivity contribution in [3.05, 3.63) is 90.3 Å². The fourth-order valence-corrected chi connectivity index (χ4v) is 2.19. The molecule has 0 N–H and O–H groups in total. The van der Waals surface area contributed by atoms with Gasteiger partial charge in [-0.15, -0.1) is 0 Å². The summed E-state index contributed by atoms with van der Waals surface area (Å²) in [6.45, 7) is 0.507. The van der Waals surface area contributed by atoms with Gasteiger partial charge in [0.05, 0.1) is 12.2 Å². The SMILES string of the molecule is O=C(Oc1cccc(OCCc2ccccn2)c1)c1ccccc1. The van der Waals surface area contributed by atoms with E-state index in [1.165, 1.54) is 0 Å². The summed E-state index contributed by atoms with van der Waals surface area (Å²) in [5, 5.41) is 0. The molecule has 0 aliphatic heterocycles. The Hall–Kier alpha value is -3.14. The molecule has 1 aromatic heterocycles. The van der Waals surface area contributed by atoms with Gasteiger partial charge in [-0.1, -0.05) is 30.3 Å². The Labute approximate surface area is 140 Å². The van der Waals surface area contributed by atoms with Crippen LogP contribution in [0, 0.1) is 0 Å². The number of pyridine rings is 1. The summed E-state index contributed by atoms with van der Waals surface area (Å²) >= 11 is 0. The molecular weight excluding hydrogens is 302 g/mol. The number of benzene rings is 2. The number of carbonyl (C=O) groups excluding carboxylic acids is 1. The average molecular weight is 319 g/mol. The second-order valence-corrected chi connectivity index (χ2v) is 5.15. The zero-order chi connectivity index (χ0) is 16.6. The lowest BCUT2D eigenvalue weighted by molar-refractivity contribution is 0.0734. The zero-order valence-electron chi connectivity index (χ0n) is 13.1. The maximum Gasteiger partial charge on any atom is 0.343 e. The maximum atomic E-state index is 12.1. The molecule has 0 spiro atoms. The Morgan fingerprint density at radius 3 is 2.46 bits per heavy atom. The monoisotopic (exact) mass is 319 g/mol. The first-order chi connectivity index (χ1) is 11.8. The maximum absolute atomic E-state index is 12.1. The summed E-state index contributed by atoms with van der Waals surface area (Å²) in [4.78, 5) is 16.3. The van der Waals surface area contributed by atoms with Crippen LogP contribution in [0.1, 0.15) is 16.1 Å². The van der Waals surface area contributed by atoms with Crippen molar-refractivity contribution >= 4 is 5.97 Å². The molecule has 0 amide bonds. The highest BCUT2D eigenvalue weighted by atomic mass is 16.5. The lowest BCUT2D eigenvalue weighted by Crippen LogP contribution is -2.08. The molecule has 0 atom stereocenters. The van der Waals surface area contributed by atoms with Crippen LogP contribution >= 0.6 is 0 Å². The van der Waals surface area contributed by atoms with Crippen LogP contribution in [0.5, 0.6) is 11.5 Å². The molecule has 24 heavy (non-hydrogen) atoms. The summed E-state index contributed by atoms with van der Waals surface area (Å²) in [7, 11) is 0. The van der Waals surface area contributed by atoms with E-state index in [2.05, 4.69) is 4.98 Å². The fraction of sp³-hybridized carbons (Fsp3) is 0.100. The van der Waals surface area contributed by atoms with Crippen molar-refractivity contribution in [2.45, 2.75) is 6.42 Å². The number of ether oxygens (including phenoxy) is 2. The summed E-state index contributed by atoms with van der Waals surface area (Å²) in [6, 6.07) is 21.7. The number of esters is 1. The third kappa shape index (κ3) is 4.43. The quantitative estimate of drug-likeness (QED) is 0.510. The van der Waals surface area contributed by atoms with Crippen molar-refractivity contribution in [1.29, 1.82) is 0 Å². The van der Waals surface area contributed by atoms with Gasteiger partial charge in [0.2, 0.25) is 0 Å². The first-order valence-corrected chi connectivity index (χ1v) is 7.71. The molecule has 0 saturated carbocycles. The van der Waals surface area contributed by atoms with Gasteiger partial charge in [0, 0.05) is 24.4 Å². The molecule has 0 fully saturated rings. The highest BCUT2D eigenvalue weighted by Gasteiger charge is 2.08. The summed E-state index contributed by atoms with van der Waals surface area (Å²) in [5.74, 6) is 0.727. The molecule has 0 bridgehead atoms. The molecule has 0 saturated heterocycles. The van der Waals surface area contributed by atoms with Gasteiger partial charge >= 0.3 is 5.97 Å². The van der Waals surface area contributed by atoms with Crippen molar-refractivity contribution in [3.63, 3.8) is 0 Å². The number of hydrogen-bond donors (Lipinski definition) is 0. The molecule has 3 aromatic rings. The van der Waals surface area contributed by atoms with Gasteiger partial charge in [0.25, 0.3) is 0 Å². The lowest BCUT2D eigenvalue weighted by atomic mass is 10.2. The van der Waals surface area contributed by atoms with Crippen LogP contribution in [0.2, 0.25) is 0 Å². The van der Waals surface area contributed by atoms with E-state index in [1.807, 2.05) is 30.3 Å². The van der Waals surface area contributed by atoms with Crippen LogP contribution in [0.4, 0.5) is 0 Å². The Kier molecular flexibility index (Phi) is 5.20. The minimum Gasteiger partial charge on any atom is -0.493 e. The van der Waals surface area contributed by atoms with Gasteiger partial charge in [-0.05, 0) is 36.4 Å². The van der Waals surface area contributed by atoms with Crippen molar-refractivity contribution in [3.8, 4) is 11.5 Å². The van der Waals surface area contributed by atoms with Gasteiger partial charge in [-0.2, -0.15) is 0 Å². The van der Waals surface area contributed by atoms with Gasteiger partial charge in [-0.3, -0.25) is 4.98 Å². The molecule has 1 heterocycles. The number of nitrogens with zero attached hydrogens (tertiary/aromatic N) is 1. The minimum absolute atomic E-state index is 0.388. The van der Waals surface area contributed by atoms with Crippen LogP contribution in [-0.2, 0) is 6.42 Å². The number of aromatic nitrogens is 1. The van der Waals surface area contributed by atoms with E-state index in [4.69, 9.17) is 9.47 Å². The van der Waals surface area contributed by atoms with Crippen LogP contribution in [0.3, 0.4) is 0 Å². The minimum atomic E-state index is -0.388. The standard InChI is InChI=1S/C20H17NO3/c22-20(16-7-2-1-3-8-16)24-19-11-6-10-18(15-19)23-14-12-17-9-4-5-13-21-17/h1-11,13,15H,12,14H2. The second kappa shape index (κ2) is 7.92. The molecule has 0 unspecified atom stereocenters. The molecule has 4 nitrogen and oxygen atoms in total. The molecule has 4 heteroatoms. The van der Waals surface area contributed by atoms with Crippen molar-refractivity contribution < 1.29 is 14.3 Å². The van der Waals surface area contributed by atoms with Gasteiger partial charge in [-0.25, -0.2) is 4.79 Å². The molecule has 0 aliphatic rings. The third-order valence-electron chi connectivity index (χ3n) is 3.38. The van der Waals surface area contributed by atoms with Gasteiger partial charge in [0.15, 0.2) is 0 Å². The molecular formula is C20H17NO3. The first-order valence-electron chi connectivity index (χ1n) is 7.71. The van der Waals surface area contributed by atoms with E-state index in [-0.39, 0.29) is 5.97 Å². The number of hydrogen-bond acceptors (Lipinski definition) is 4. The van der Waals surface area contributed by atoms with E-state index >= 15 is 0 Å². The zero-order valence-corrected chi connectivity index (χ0v) is 13.1. The summed E-state index contributed by atoms with van der Waals surface area (Å²) < 4.78 is 11.1. The first kappa shape index (κ1) is 15.7. The average Bonchev–Trinajstić information content (AvgIpc) is 2.64. The predicted octanol–water partition coefficient (Wildman–Crippen LogP) is 3.92. The van der Waals surface area contributed by atoms with Crippen LogP contribution < -0.4 is 9.47 Å². The van der Waals surface area contributed by atoms with Crippen molar-refractivity contribution in [1.82, 2.24) is 4.98 Å². The summed E-state index contributed by atoms with van der Waals surface area (Å²) in [5.41, 5.74) is 1.49. The smallest absolute Gasteiger partial charge is 0.343 e. The molecule has 3 rings (SSSR count). The molecule has 2 aromatic carbocycles. The van der Waals surface area contributed by atoms with Crippen molar-refractivity contribution in [2.24, 2.45) is 0 Å². The Balaban J connectivity index is 1.57. The van der Waals surface area contributed by atoms with E-state index in [9.17, 15) is 4.79 Å². The fourth-order valence-electron chi connectivity index (χ4n) is 2.19. The number of rotatable bonds is 6. The van der Waals surface area contributed by atoms with E-state index < -0.39 is 0 Å². The van der Waals surface area contributed by atoms with Crippen LogP contribution in [0.15, 0.2) is 79.0 Å². The third-order valence-corrected chi connectivity index (χ3v) is 3.38. The van der Waals surface area contributed by atoms with Crippen LogP contribution in [0.25, 0.3) is 0 Å². The molecule has 120 valence electrons. The van der Waals surface area contributed by atoms with Crippen LogP contribution in [-0.4, -0.2) is 17.6 Å². The van der Waals surface area contributed by atoms with Gasteiger partial charge in [0.1, 0.15) is 11.5 Å². The van der Waals surface area contributed by atoms with E-state index in [0.29, 0.717) is 23.7 Å². The molecule has 0 radical (unpaired) electrons. The topological polar surface area (TPSA) is 48.4 Å². The summed E-state index contributed by atoms with van der Waals surface area (Å²) in [6.07, 6.45) is 2.48. The van der Waals surface area contributed by atoms with E-state index in [1.54, 1.807) is 48.7 Å². The Morgan fingerprint density at radius 2 is 1.67 bits per heavy atom. The lowest BCUT2D eigenvalue weighted by Gasteiger charge is -2.08. The predicted molar refractivity (Wildman–Crippen MR) is 91.3 cm³/mol. The normalized spacial score (nSPS) is 10.2.